The van der Waals surface area contributed by atoms with Gasteiger partial charge in [-0.3, -0.25) is 0 Å². The monoisotopic (exact) mass is 290 g/mol. The number of pyridine rings is 1. The van der Waals surface area contributed by atoms with Crippen molar-refractivity contribution in [3.05, 3.63) is 48.0 Å². The highest BCUT2D eigenvalue weighted by Crippen LogP contribution is 2.25. The van der Waals surface area contributed by atoms with Gasteiger partial charge in [0.25, 0.3) is 0 Å². The number of rotatable bonds is 2. The first kappa shape index (κ1) is 12.6. The van der Waals surface area contributed by atoms with Crippen molar-refractivity contribution < 1.29 is 8.78 Å². The molecule has 0 saturated heterocycles. The zero-order valence-electron chi connectivity index (χ0n) is 10.0. The van der Waals surface area contributed by atoms with Gasteiger partial charge in [-0.2, -0.15) is 9.36 Å². The Bertz CT molecular complexity index is 773. The Labute approximate surface area is 117 Å². The van der Waals surface area contributed by atoms with E-state index in [0.717, 1.165) is 17.6 Å². The lowest BCUT2D eigenvalue weighted by Crippen LogP contribution is -1.94. The summed E-state index contributed by atoms with van der Waals surface area (Å²) < 4.78 is 31.0. The van der Waals surface area contributed by atoms with Crippen LogP contribution in [0.5, 0.6) is 0 Å². The van der Waals surface area contributed by atoms with E-state index >= 15 is 0 Å². The Balaban J connectivity index is 2.10. The highest BCUT2D eigenvalue weighted by Gasteiger charge is 2.13. The Morgan fingerprint density at radius 3 is 2.45 bits per heavy atom. The van der Waals surface area contributed by atoms with Crippen LogP contribution in [0.15, 0.2) is 36.4 Å². The maximum absolute atomic E-state index is 13.8. The Kier molecular flexibility index (Phi) is 3.11. The van der Waals surface area contributed by atoms with Gasteiger partial charge in [0.15, 0.2) is 22.6 Å². The van der Waals surface area contributed by atoms with Crippen LogP contribution in [0.25, 0.3) is 22.8 Å². The maximum Gasteiger partial charge on any atom is 0.200 e. The molecule has 0 aliphatic rings. The smallest absolute Gasteiger partial charge is 0.200 e. The zero-order chi connectivity index (χ0) is 14.1. The minimum absolute atomic E-state index is 0.0926. The quantitative estimate of drug-likeness (QED) is 0.787. The molecule has 2 N–H and O–H groups in total. The normalized spacial score (nSPS) is 10.7. The molecule has 0 radical (unpaired) electrons. The number of nitrogens with two attached hydrogens (primary N) is 1. The zero-order valence-corrected chi connectivity index (χ0v) is 10.9. The lowest BCUT2D eigenvalue weighted by molar-refractivity contribution is 0.511. The van der Waals surface area contributed by atoms with Gasteiger partial charge in [-0.15, -0.1) is 0 Å². The molecular weight excluding hydrogens is 282 g/mol. The molecule has 2 aromatic heterocycles. The van der Waals surface area contributed by atoms with Gasteiger partial charge in [0.2, 0.25) is 0 Å². The van der Waals surface area contributed by atoms with E-state index < -0.39 is 11.6 Å². The molecule has 100 valence electrons. The maximum atomic E-state index is 13.8. The predicted octanol–water partition coefficient (Wildman–Crippen LogP) is 3.13. The molecule has 0 spiro atoms. The van der Waals surface area contributed by atoms with E-state index in [4.69, 9.17) is 5.73 Å². The molecule has 0 fully saturated rings. The van der Waals surface area contributed by atoms with Crippen LogP contribution >= 0.6 is 11.5 Å². The van der Waals surface area contributed by atoms with E-state index in [0.29, 0.717) is 22.3 Å². The summed E-state index contributed by atoms with van der Waals surface area (Å²) in [5, 5.41) is 0.323. The number of nitrogens with zero attached hydrogens (tertiary/aromatic N) is 3. The summed E-state index contributed by atoms with van der Waals surface area (Å²) in [6.07, 6.45) is 0. The van der Waals surface area contributed by atoms with Crippen molar-refractivity contribution in [3.8, 4) is 22.8 Å². The van der Waals surface area contributed by atoms with Gasteiger partial charge in [-0.1, -0.05) is 12.1 Å². The van der Waals surface area contributed by atoms with Gasteiger partial charge in [0, 0.05) is 17.1 Å². The lowest BCUT2D eigenvalue weighted by Gasteiger charge is -2.04. The van der Waals surface area contributed by atoms with Crippen LogP contribution in [0, 0.1) is 11.6 Å². The number of hydrogen-bond acceptors (Lipinski definition) is 5. The van der Waals surface area contributed by atoms with E-state index in [-0.39, 0.29) is 5.56 Å². The van der Waals surface area contributed by atoms with Gasteiger partial charge in [0.1, 0.15) is 5.69 Å². The fraction of sp³-hybridized carbons (Fsp3) is 0. The number of aromatic nitrogens is 3. The third kappa shape index (κ3) is 2.23. The SMILES string of the molecule is Nc1nc(-c2cccc(-c3cccc(F)c3F)n2)ns1. The molecule has 0 saturated carbocycles. The third-order valence-electron chi connectivity index (χ3n) is 2.65. The second-order valence-corrected chi connectivity index (χ2v) is 4.75. The molecule has 1 aromatic carbocycles. The van der Waals surface area contributed by atoms with Crippen molar-refractivity contribution in [2.45, 2.75) is 0 Å². The summed E-state index contributed by atoms with van der Waals surface area (Å²) >= 11 is 1.05. The van der Waals surface area contributed by atoms with Crippen molar-refractivity contribution in [1.82, 2.24) is 14.3 Å². The molecule has 2 heterocycles. The van der Waals surface area contributed by atoms with E-state index in [1.54, 1.807) is 18.2 Å². The number of anilines is 1. The van der Waals surface area contributed by atoms with Gasteiger partial charge in [-0.25, -0.2) is 13.8 Å². The molecule has 7 heteroatoms. The number of hydrogen-bond donors (Lipinski definition) is 1. The van der Waals surface area contributed by atoms with Crippen molar-refractivity contribution in [2.75, 3.05) is 5.73 Å². The summed E-state index contributed by atoms with van der Waals surface area (Å²) in [7, 11) is 0. The first-order valence-electron chi connectivity index (χ1n) is 5.66. The number of nitrogen functional groups attached to an aromatic ring is 1. The highest BCUT2D eigenvalue weighted by atomic mass is 32.1. The Morgan fingerprint density at radius 2 is 1.70 bits per heavy atom. The molecule has 20 heavy (non-hydrogen) atoms. The number of halogens is 2. The van der Waals surface area contributed by atoms with Crippen LogP contribution in [-0.2, 0) is 0 Å². The van der Waals surface area contributed by atoms with Crippen LogP contribution in [0.1, 0.15) is 0 Å². The minimum Gasteiger partial charge on any atom is -0.374 e. The first-order valence-corrected chi connectivity index (χ1v) is 6.43. The van der Waals surface area contributed by atoms with Crippen molar-refractivity contribution in [2.24, 2.45) is 0 Å². The van der Waals surface area contributed by atoms with Crippen LogP contribution in [0.4, 0.5) is 13.9 Å². The topological polar surface area (TPSA) is 64.7 Å². The average Bonchev–Trinajstić information content (AvgIpc) is 2.89. The van der Waals surface area contributed by atoms with Crippen molar-refractivity contribution >= 4 is 16.7 Å². The minimum atomic E-state index is -0.928. The molecule has 3 aromatic rings. The van der Waals surface area contributed by atoms with Crippen LogP contribution in [0.2, 0.25) is 0 Å². The molecule has 4 nitrogen and oxygen atoms in total. The molecule has 0 aliphatic carbocycles. The summed E-state index contributed by atoms with van der Waals surface area (Å²) in [5.74, 6) is -1.47. The predicted molar refractivity (Wildman–Crippen MR) is 72.9 cm³/mol. The van der Waals surface area contributed by atoms with Gasteiger partial charge < -0.3 is 5.73 Å². The van der Waals surface area contributed by atoms with Gasteiger partial charge >= 0.3 is 0 Å². The van der Waals surface area contributed by atoms with Crippen LogP contribution < -0.4 is 5.73 Å². The molecule has 0 atom stereocenters. The molecule has 3 rings (SSSR count). The summed E-state index contributed by atoms with van der Waals surface area (Å²) in [6, 6.07) is 8.92. The fourth-order valence-corrected chi connectivity index (χ4v) is 2.19. The van der Waals surface area contributed by atoms with Crippen molar-refractivity contribution in [1.29, 1.82) is 0 Å². The van der Waals surface area contributed by atoms with Crippen LogP contribution in [0.3, 0.4) is 0 Å². The molecular formula is C13H8F2N4S. The van der Waals surface area contributed by atoms with Gasteiger partial charge in [-0.05, 0) is 24.3 Å². The number of benzene rings is 1. The summed E-state index contributed by atoms with van der Waals surface area (Å²) in [5.41, 5.74) is 6.38. The van der Waals surface area contributed by atoms with Gasteiger partial charge in [0.05, 0.1) is 5.69 Å². The van der Waals surface area contributed by atoms with E-state index in [2.05, 4.69) is 14.3 Å². The standard InChI is InChI=1S/C13H8F2N4S/c14-8-4-1-3-7(11(8)15)9-5-2-6-10(17-9)12-18-13(16)20-19-12/h1-6H,(H2,16,18,19). The second kappa shape index (κ2) is 4.93. The van der Waals surface area contributed by atoms with E-state index in [1.165, 1.54) is 12.1 Å². The summed E-state index contributed by atoms with van der Waals surface area (Å²) in [6.45, 7) is 0. The first-order chi connectivity index (χ1) is 9.65. The van der Waals surface area contributed by atoms with E-state index in [1.807, 2.05) is 0 Å². The Hall–Kier alpha value is -2.41. The Morgan fingerprint density at radius 1 is 0.950 bits per heavy atom. The molecule has 0 aliphatic heterocycles. The van der Waals surface area contributed by atoms with Crippen LogP contribution in [-0.4, -0.2) is 14.3 Å². The molecule has 0 bridgehead atoms. The summed E-state index contributed by atoms with van der Waals surface area (Å²) in [4.78, 5) is 8.26. The molecule has 0 unspecified atom stereocenters. The molecule has 0 amide bonds. The second-order valence-electron chi connectivity index (χ2n) is 3.97. The van der Waals surface area contributed by atoms with E-state index in [9.17, 15) is 8.78 Å². The van der Waals surface area contributed by atoms with Crippen molar-refractivity contribution in [3.63, 3.8) is 0 Å². The largest absolute Gasteiger partial charge is 0.374 e. The average molecular weight is 290 g/mol. The third-order valence-corrected chi connectivity index (χ3v) is 3.19. The highest BCUT2D eigenvalue weighted by molar-refractivity contribution is 7.09. The fourth-order valence-electron chi connectivity index (χ4n) is 1.75. The lowest BCUT2D eigenvalue weighted by atomic mass is 10.1.